The quantitative estimate of drug-likeness (QED) is 0.711. The highest BCUT2D eigenvalue weighted by Crippen LogP contribution is 2.30. The Morgan fingerprint density at radius 2 is 2.08 bits per heavy atom. The van der Waals surface area contributed by atoms with Crippen LogP contribution in [0, 0.1) is 5.92 Å². The summed E-state index contributed by atoms with van der Waals surface area (Å²) in [4.78, 5) is 11.4. The van der Waals surface area contributed by atoms with E-state index in [4.69, 9.17) is 4.74 Å². The van der Waals surface area contributed by atoms with Crippen molar-refractivity contribution >= 4 is 5.91 Å². The molecule has 0 aromatic heterocycles. The molecule has 1 N–H and O–H groups in total. The van der Waals surface area contributed by atoms with Crippen LogP contribution in [0.15, 0.2) is 0 Å². The molecular formula is C10H17NO2. The minimum Gasteiger partial charge on any atom is -0.381 e. The van der Waals surface area contributed by atoms with Gasteiger partial charge in [0.2, 0.25) is 5.91 Å². The molecule has 2 rings (SSSR count). The van der Waals surface area contributed by atoms with Gasteiger partial charge in [-0.1, -0.05) is 0 Å². The average molecular weight is 183 g/mol. The number of ether oxygens (including phenoxy) is 1. The highest BCUT2D eigenvalue weighted by molar-refractivity contribution is 5.81. The Bertz CT molecular complexity index is 201. The van der Waals surface area contributed by atoms with Crippen molar-refractivity contribution in [3.05, 3.63) is 0 Å². The second-order valence-corrected chi connectivity index (χ2v) is 4.15. The van der Waals surface area contributed by atoms with Gasteiger partial charge < -0.3 is 10.1 Å². The van der Waals surface area contributed by atoms with Crippen LogP contribution in [0.3, 0.4) is 0 Å². The Labute approximate surface area is 78.8 Å². The van der Waals surface area contributed by atoms with E-state index in [-0.39, 0.29) is 5.91 Å². The lowest BCUT2D eigenvalue weighted by Crippen LogP contribution is -2.34. The van der Waals surface area contributed by atoms with Gasteiger partial charge in [0, 0.05) is 19.1 Å². The van der Waals surface area contributed by atoms with Gasteiger partial charge in [-0.3, -0.25) is 4.79 Å². The van der Waals surface area contributed by atoms with Gasteiger partial charge in [0.1, 0.15) is 0 Å². The Morgan fingerprint density at radius 3 is 2.62 bits per heavy atom. The van der Waals surface area contributed by atoms with Crippen LogP contribution < -0.4 is 5.32 Å². The Balaban J connectivity index is 1.73. The van der Waals surface area contributed by atoms with Crippen molar-refractivity contribution in [1.82, 2.24) is 5.32 Å². The summed E-state index contributed by atoms with van der Waals surface area (Å²) in [6, 6.07) is 0.373. The van der Waals surface area contributed by atoms with E-state index in [1.54, 1.807) is 7.11 Å². The van der Waals surface area contributed by atoms with Crippen LogP contribution in [-0.2, 0) is 9.53 Å². The molecule has 2 fully saturated rings. The molecule has 2 aliphatic carbocycles. The molecule has 0 aromatic carbocycles. The van der Waals surface area contributed by atoms with E-state index in [1.165, 1.54) is 0 Å². The summed E-state index contributed by atoms with van der Waals surface area (Å²) < 4.78 is 5.25. The van der Waals surface area contributed by atoms with E-state index >= 15 is 0 Å². The predicted molar refractivity (Wildman–Crippen MR) is 49.3 cm³/mol. The third-order valence-corrected chi connectivity index (χ3v) is 3.01. The molecule has 2 saturated carbocycles. The fourth-order valence-electron chi connectivity index (χ4n) is 1.95. The first-order valence-electron chi connectivity index (χ1n) is 5.12. The summed E-state index contributed by atoms with van der Waals surface area (Å²) in [7, 11) is 1.75. The summed E-state index contributed by atoms with van der Waals surface area (Å²) in [5, 5.41) is 3.09. The summed E-state index contributed by atoms with van der Waals surface area (Å²) in [6.45, 7) is 0. The second-order valence-electron chi connectivity index (χ2n) is 4.15. The van der Waals surface area contributed by atoms with Crippen molar-refractivity contribution in [3.8, 4) is 0 Å². The highest BCUT2D eigenvalue weighted by atomic mass is 16.5. The summed E-state index contributed by atoms with van der Waals surface area (Å²) in [5.74, 6) is 0.600. The molecule has 13 heavy (non-hydrogen) atoms. The smallest absolute Gasteiger partial charge is 0.223 e. The largest absolute Gasteiger partial charge is 0.381 e. The zero-order chi connectivity index (χ0) is 9.26. The van der Waals surface area contributed by atoms with E-state index < -0.39 is 0 Å². The summed E-state index contributed by atoms with van der Waals surface area (Å²) >= 11 is 0. The highest BCUT2D eigenvalue weighted by Gasteiger charge is 2.33. The monoisotopic (exact) mass is 183 g/mol. The van der Waals surface area contributed by atoms with Crippen LogP contribution in [0.5, 0.6) is 0 Å². The van der Waals surface area contributed by atoms with Crippen molar-refractivity contribution in [2.75, 3.05) is 7.11 Å². The Morgan fingerprint density at radius 1 is 1.31 bits per heavy atom. The number of methoxy groups -OCH3 is 1. The minimum atomic E-state index is 0.266. The molecule has 2 atom stereocenters. The number of amides is 1. The SMILES string of the molecule is COC1CCC(NC(=O)C2CC2)C1. The first kappa shape index (κ1) is 9.00. The minimum absolute atomic E-state index is 0.266. The van der Waals surface area contributed by atoms with Crippen molar-refractivity contribution in [2.24, 2.45) is 5.92 Å². The molecule has 0 aliphatic heterocycles. The van der Waals surface area contributed by atoms with Crippen molar-refractivity contribution in [3.63, 3.8) is 0 Å². The molecule has 1 amide bonds. The van der Waals surface area contributed by atoms with E-state index in [2.05, 4.69) is 5.32 Å². The van der Waals surface area contributed by atoms with Crippen LogP contribution in [-0.4, -0.2) is 25.2 Å². The molecule has 2 unspecified atom stereocenters. The van der Waals surface area contributed by atoms with Gasteiger partial charge in [0.25, 0.3) is 0 Å². The maximum Gasteiger partial charge on any atom is 0.223 e. The molecule has 0 spiro atoms. The number of carbonyl (C=O) groups is 1. The van der Waals surface area contributed by atoms with Gasteiger partial charge in [-0.15, -0.1) is 0 Å². The van der Waals surface area contributed by atoms with Crippen LogP contribution >= 0.6 is 0 Å². The second kappa shape index (κ2) is 3.66. The number of hydrogen-bond donors (Lipinski definition) is 1. The molecule has 0 heterocycles. The molecule has 3 heteroatoms. The first-order chi connectivity index (χ1) is 6.29. The van der Waals surface area contributed by atoms with Gasteiger partial charge >= 0.3 is 0 Å². The van der Waals surface area contributed by atoms with Crippen LogP contribution in [0.1, 0.15) is 32.1 Å². The summed E-state index contributed by atoms with van der Waals surface area (Å²) in [5.41, 5.74) is 0. The van der Waals surface area contributed by atoms with Crippen molar-refractivity contribution in [2.45, 2.75) is 44.2 Å². The standard InChI is InChI=1S/C10H17NO2/c1-13-9-5-4-8(6-9)11-10(12)7-2-3-7/h7-9H,2-6H2,1H3,(H,11,12). The molecule has 2 aliphatic rings. The van der Waals surface area contributed by atoms with Crippen LogP contribution in [0.2, 0.25) is 0 Å². The first-order valence-corrected chi connectivity index (χ1v) is 5.12. The molecule has 74 valence electrons. The van der Waals surface area contributed by atoms with E-state index in [0.29, 0.717) is 18.1 Å². The zero-order valence-corrected chi connectivity index (χ0v) is 8.08. The van der Waals surface area contributed by atoms with Crippen molar-refractivity contribution < 1.29 is 9.53 Å². The van der Waals surface area contributed by atoms with E-state index in [1.807, 2.05) is 0 Å². The fraction of sp³-hybridized carbons (Fsp3) is 0.900. The predicted octanol–water partition coefficient (Wildman–Crippen LogP) is 1.08. The number of hydrogen-bond acceptors (Lipinski definition) is 2. The maximum absolute atomic E-state index is 11.4. The van der Waals surface area contributed by atoms with Gasteiger partial charge in [-0.25, -0.2) is 0 Å². The van der Waals surface area contributed by atoms with Gasteiger partial charge in [-0.05, 0) is 32.1 Å². The lowest BCUT2D eigenvalue weighted by atomic mass is 10.2. The third kappa shape index (κ3) is 2.21. The van der Waals surface area contributed by atoms with Crippen LogP contribution in [0.4, 0.5) is 0 Å². The van der Waals surface area contributed by atoms with E-state index in [0.717, 1.165) is 32.1 Å². The maximum atomic E-state index is 11.4. The third-order valence-electron chi connectivity index (χ3n) is 3.01. The topological polar surface area (TPSA) is 38.3 Å². The average Bonchev–Trinajstić information content (AvgIpc) is 2.88. The molecule has 0 radical (unpaired) electrons. The zero-order valence-electron chi connectivity index (χ0n) is 8.08. The molecule has 0 aromatic rings. The Kier molecular flexibility index (Phi) is 2.54. The normalized spacial score (nSPS) is 33.3. The lowest BCUT2D eigenvalue weighted by molar-refractivity contribution is -0.123. The molecule has 0 bridgehead atoms. The summed E-state index contributed by atoms with van der Waals surface area (Å²) in [6.07, 6.45) is 5.71. The van der Waals surface area contributed by atoms with Crippen LogP contribution in [0.25, 0.3) is 0 Å². The van der Waals surface area contributed by atoms with Gasteiger partial charge in [-0.2, -0.15) is 0 Å². The van der Waals surface area contributed by atoms with E-state index in [9.17, 15) is 4.79 Å². The van der Waals surface area contributed by atoms with Gasteiger partial charge in [0.15, 0.2) is 0 Å². The number of nitrogens with one attached hydrogen (secondary N) is 1. The fourth-order valence-corrected chi connectivity index (χ4v) is 1.95. The number of rotatable bonds is 3. The van der Waals surface area contributed by atoms with Crippen molar-refractivity contribution in [1.29, 1.82) is 0 Å². The molecule has 3 nitrogen and oxygen atoms in total. The molecular weight excluding hydrogens is 166 g/mol. The Hall–Kier alpha value is -0.570. The van der Waals surface area contributed by atoms with Gasteiger partial charge in [0.05, 0.1) is 6.10 Å². The number of carbonyl (C=O) groups excluding carboxylic acids is 1. The molecule has 0 saturated heterocycles. The lowest BCUT2D eigenvalue weighted by Gasteiger charge is -2.12.